The molecule has 170 valence electrons. The lowest BCUT2D eigenvalue weighted by molar-refractivity contribution is -0.136. The molecule has 2 N–H and O–H groups in total. The zero-order chi connectivity index (χ0) is 23.8. The molecule has 0 aromatic heterocycles. The van der Waals surface area contributed by atoms with Crippen molar-refractivity contribution < 1.29 is 19.1 Å². The Morgan fingerprint density at radius 2 is 1.67 bits per heavy atom. The first-order valence-electron chi connectivity index (χ1n) is 9.50. The summed E-state index contributed by atoms with van der Waals surface area (Å²) in [6.45, 7) is 0.200. The van der Waals surface area contributed by atoms with Gasteiger partial charge in [-0.1, -0.05) is 46.9 Å². The zero-order valence-electron chi connectivity index (χ0n) is 17.3. The Bertz CT molecular complexity index is 1180. The molecule has 0 atom stereocenters. The number of rotatable bonds is 7. The predicted molar refractivity (Wildman–Crippen MR) is 130 cm³/mol. The largest absolute Gasteiger partial charge is 0.496 e. The third kappa shape index (κ3) is 7.12. The summed E-state index contributed by atoms with van der Waals surface area (Å²) in [7, 11) is 1.55. The van der Waals surface area contributed by atoms with E-state index in [-0.39, 0.29) is 12.3 Å². The molecule has 0 aliphatic rings. The average molecular weight is 507 g/mol. The Labute approximate surface area is 205 Å². The van der Waals surface area contributed by atoms with E-state index in [0.717, 1.165) is 5.56 Å². The Balaban J connectivity index is 1.61. The minimum Gasteiger partial charge on any atom is -0.496 e. The van der Waals surface area contributed by atoms with E-state index in [1.54, 1.807) is 37.4 Å². The molecule has 0 saturated carbocycles. The summed E-state index contributed by atoms with van der Waals surface area (Å²) in [5.41, 5.74) is 3.84. The molecule has 0 radical (unpaired) electrons. The first kappa shape index (κ1) is 24.4. The molecule has 0 fully saturated rings. The normalized spacial score (nSPS) is 10.7. The number of anilines is 1. The molecule has 0 aliphatic heterocycles. The number of carbonyl (C=O) groups is 2. The highest BCUT2D eigenvalue weighted by Gasteiger charge is 2.13. The standard InChI is InChI=1S/C23H18Cl3N3O4/c1-32-20-7-6-14(8-15(20)13-33-21-5-3-2-4-19(21)26)12-27-29-23(31)22(30)28-18-10-16(24)9-17(25)11-18/h2-12H,13H2,1H3,(H,28,30)(H,29,31)/b27-12+. The van der Waals surface area contributed by atoms with Gasteiger partial charge in [-0.2, -0.15) is 5.10 Å². The van der Waals surface area contributed by atoms with E-state index in [2.05, 4.69) is 15.8 Å². The van der Waals surface area contributed by atoms with E-state index in [0.29, 0.717) is 32.1 Å². The van der Waals surface area contributed by atoms with Crippen LogP contribution in [0.5, 0.6) is 11.5 Å². The summed E-state index contributed by atoms with van der Waals surface area (Å²) >= 11 is 17.9. The molecule has 0 heterocycles. The van der Waals surface area contributed by atoms with E-state index >= 15 is 0 Å². The van der Waals surface area contributed by atoms with Gasteiger partial charge < -0.3 is 14.8 Å². The Morgan fingerprint density at radius 1 is 0.939 bits per heavy atom. The monoisotopic (exact) mass is 505 g/mol. The van der Waals surface area contributed by atoms with Crippen LogP contribution in [-0.4, -0.2) is 25.1 Å². The van der Waals surface area contributed by atoms with Gasteiger partial charge in [0.25, 0.3) is 0 Å². The van der Waals surface area contributed by atoms with Crippen LogP contribution in [0, 0.1) is 0 Å². The highest BCUT2D eigenvalue weighted by molar-refractivity contribution is 6.40. The van der Waals surface area contributed by atoms with Crippen molar-refractivity contribution in [1.29, 1.82) is 0 Å². The number of hydrazone groups is 1. The molecule has 7 nitrogen and oxygen atoms in total. The fourth-order valence-electron chi connectivity index (χ4n) is 2.74. The van der Waals surface area contributed by atoms with Crippen LogP contribution in [0.3, 0.4) is 0 Å². The number of amides is 2. The van der Waals surface area contributed by atoms with Crippen molar-refractivity contribution in [2.75, 3.05) is 12.4 Å². The van der Waals surface area contributed by atoms with E-state index in [1.807, 2.05) is 12.1 Å². The number of nitrogens with one attached hydrogen (secondary N) is 2. The fraction of sp³-hybridized carbons (Fsp3) is 0.0870. The van der Waals surface area contributed by atoms with Gasteiger partial charge >= 0.3 is 11.8 Å². The van der Waals surface area contributed by atoms with Crippen LogP contribution < -0.4 is 20.2 Å². The van der Waals surface area contributed by atoms with Gasteiger partial charge in [-0.3, -0.25) is 9.59 Å². The number of hydrogen-bond acceptors (Lipinski definition) is 5. The maximum atomic E-state index is 12.0. The van der Waals surface area contributed by atoms with Gasteiger partial charge in [-0.05, 0) is 54.1 Å². The lowest BCUT2D eigenvalue weighted by Crippen LogP contribution is -2.32. The van der Waals surface area contributed by atoms with Crippen LogP contribution in [0.1, 0.15) is 11.1 Å². The highest BCUT2D eigenvalue weighted by Crippen LogP contribution is 2.26. The molecule has 3 aromatic carbocycles. The number of benzene rings is 3. The SMILES string of the molecule is COc1ccc(/C=N/NC(=O)C(=O)Nc2cc(Cl)cc(Cl)c2)cc1COc1ccccc1Cl. The number of hydrogen-bond donors (Lipinski definition) is 2. The molecule has 2 amide bonds. The molecule has 0 saturated heterocycles. The van der Waals surface area contributed by atoms with Gasteiger partial charge in [0.1, 0.15) is 18.1 Å². The molecular weight excluding hydrogens is 489 g/mol. The first-order chi connectivity index (χ1) is 15.9. The third-order valence-electron chi connectivity index (χ3n) is 4.23. The Hall–Kier alpha value is -3.26. The van der Waals surface area contributed by atoms with Gasteiger partial charge in [0.05, 0.1) is 18.3 Å². The molecule has 0 bridgehead atoms. The van der Waals surface area contributed by atoms with E-state index in [9.17, 15) is 9.59 Å². The fourth-order valence-corrected chi connectivity index (χ4v) is 3.46. The van der Waals surface area contributed by atoms with Crippen molar-refractivity contribution in [3.63, 3.8) is 0 Å². The Kier molecular flexibility index (Phi) is 8.54. The first-order valence-corrected chi connectivity index (χ1v) is 10.6. The van der Waals surface area contributed by atoms with E-state index < -0.39 is 11.8 Å². The number of halogens is 3. The quantitative estimate of drug-likeness (QED) is 0.258. The zero-order valence-corrected chi connectivity index (χ0v) is 19.5. The van der Waals surface area contributed by atoms with Crippen molar-refractivity contribution in [2.45, 2.75) is 6.61 Å². The number of nitrogens with zero attached hydrogens (tertiary/aromatic N) is 1. The summed E-state index contributed by atoms with van der Waals surface area (Å²) < 4.78 is 11.1. The predicted octanol–water partition coefficient (Wildman–Crippen LogP) is 5.32. The summed E-state index contributed by atoms with van der Waals surface area (Å²) in [5, 5.41) is 7.37. The maximum absolute atomic E-state index is 12.0. The highest BCUT2D eigenvalue weighted by atomic mass is 35.5. The Morgan fingerprint density at radius 3 is 2.36 bits per heavy atom. The topological polar surface area (TPSA) is 89.0 Å². The third-order valence-corrected chi connectivity index (χ3v) is 4.98. The van der Waals surface area contributed by atoms with E-state index in [4.69, 9.17) is 44.3 Å². The number of carbonyl (C=O) groups excluding carboxylic acids is 2. The number of para-hydroxylation sites is 1. The lowest BCUT2D eigenvalue weighted by Gasteiger charge is -2.12. The summed E-state index contributed by atoms with van der Waals surface area (Å²) in [5.74, 6) is -0.727. The van der Waals surface area contributed by atoms with Crippen molar-refractivity contribution in [3.8, 4) is 11.5 Å². The van der Waals surface area contributed by atoms with Crippen molar-refractivity contribution in [2.24, 2.45) is 5.10 Å². The second kappa shape index (κ2) is 11.6. The van der Waals surface area contributed by atoms with Crippen LogP contribution in [0.4, 0.5) is 5.69 Å². The minimum atomic E-state index is -0.960. The van der Waals surface area contributed by atoms with Crippen LogP contribution in [0.2, 0.25) is 15.1 Å². The maximum Gasteiger partial charge on any atom is 0.329 e. The van der Waals surface area contributed by atoms with Crippen LogP contribution in [0.15, 0.2) is 65.8 Å². The summed E-state index contributed by atoms with van der Waals surface area (Å²) in [4.78, 5) is 24.0. The van der Waals surface area contributed by atoms with Crippen LogP contribution >= 0.6 is 34.8 Å². The van der Waals surface area contributed by atoms with Gasteiger partial charge in [-0.25, -0.2) is 5.43 Å². The molecular formula is C23H18Cl3N3O4. The van der Waals surface area contributed by atoms with Gasteiger partial charge in [0.2, 0.25) is 0 Å². The second-order valence-electron chi connectivity index (χ2n) is 6.60. The van der Waals surface area contributed by atoms with Crippen molar-refractivity contribution in [1.82, 2.24) is 5.43 Å². The van der Waals surface area contributed by atoms with Gasteiger partial charge in [0.15, 0.2) is 0 Å². The van der Waals surface area contributed by atoms with Gasteiger partial charge in [0, 0.05) is 21.3 Å². The van der Waals surface area contributed by atoms with Crippen LogP contribution in [-0.2, 0) is 16.2 Å². The van der Waals surface area contributed by atoms with Crippen molar-refractivity contribution in [3.05, 3.63) is 86.9 Å². The van der Waals surface area contributed by atoms with E-state index in [1.165, 1.54) is 24.4 Å². The van der Waals surface area contributed by atoms with Crippen LogP contribution in [0.25, 0.3) is 0 Å². The average Bonchev–Trinajstić information content (AvgIpc) is 2.78. The number of methoxy groups -OCH3 is 1. The molecule has 0 aliphatic carbocycles. The lowest BCUT2D eigenvalue weighted by atomic mass is 10.1. The molecule has 3 aromatic rings. The van der Waals surface area contributed by atoms with Gasteiger partial charge in [-0.15, -0.1) is 0 Å². The molecule has 10 heteroatoms. The second-order valence-corrected chi connectivity index (χ2v) is 7.88. The molecule has 33 heavy (non-hydrogen) atoms. The smallest absolute Gasteiger partial charge is 0.329 e. The minimum absolute atomic E-state index is 0.200. The summed E-state index contributed by atoms with van der Waals surface area (Å²) in [6.07, 6.45) is 1.39. The number of ether oxygens (including phenoxy) is 2. The molecule has 0 unspecified atom stereocenters. The molecule has 0 spiro atoms. The summed E-state index contributed by atoms with van der Waals surface area (Å²) in [6, 6.07) is 16.8. The van der Waals surface area contributed by atoms with Crippen molar-refractivity contribution >= 4 is 58.5 Å². The molecule has 3 rings (SSSR count).